The molecule has 4 atom stereocenters. The van der Waals surface area contributed by atoms with Crippen molar-refractivity contribution in [2.45, 2.75) is 131 Å². The first kappa shape index (κ1) is 30.9. The summed E-state index contributed by atoms with van der Waals surface area (Å²) in [5, 5.41) is 0. The van der Waals surface area contributed by atoms with Crippen LogP contribution in [0.25, 0.3) is 0 Å². The molecule has 0 aromatic rings. The van der Waals surface area contributed by atoms with E-state index < -0.39 is 12.6 Å². The van der Waals surface area contributed by atoms with Gasteiger partial charge in [-0.15, -0.1) is 0 Å². The number of esters is 2. The zero-order valence-corrected chi connectivity index (χ0v) is 21.7. The summed E-state index contributed by atoms with van der Waals surface area (Å²) in [6.07, 6.45) is 9.81. The van der Waals surface area contributed by atoms with E-state index in [-0.39, 0.29) is 24.8 Å². The van der Waals surface area contributed by atoms with E-state index in [9.17, 15) is 9.59 Å². The van der Waals surface area contributed by atoms with Crippen LogP contribution in [0.5, 0.6) is 0 Å². The van der Waals surface area contributed by atoms with Crippen LogP contribution in [0.3, 0.4) is 0 Å². The van der Waals surface area contributed by atoms with E-state index in [1.807, 2.05) is 0 Å². The van der Waals surface area contributed by atoms with E-state index >= 15 is 0 Å². The van der Waals surface area contributed by atoms with E-state index in [0.29, 0.717) is 37.9 Å². The number of hydrogen-bond donors (Lipinski definition) is 0. The number of ether oxygens (including phenoxy) is 4. The molecule has 0 radical (unpaired) electrons. The highest BCUT2D eigenvalue weighted by Gasteiger charge is 2.15. The van der Waals surface area contributed by atoms with Crippen molar-refractivity contribution < 1.29 is 28.5 Å². The molecule has 4 unspecified atom stereocenters. The maximum Gasteiger partial charge on any atom is 0.308 e. The van der Waals surface area contributed by atoms with Crippen molar-refractivity contribution in [3.8, 4) is 0 Å². The van der Waals surface area contributed by atoms with Crippen molar-refractivity contribution in [1.82, 2.24) is 0 Å². The van der Waals surface area contributed by atoms with Crippen LogP contribution in [0, 0.1) is 11.8 Å². The minimum Gasteiger partial charge on any atom is -0.436 e. The molecule has 0 amide bonds. The van der Waals surface area contributed by atoms with E-state index in [0.717, 1.165) is 25.7 Å². The van der Waals surface area contributed by atoms with Gasteiger partial charge in [0.15, 0.2) is 12.6 Å². The van der Waals surface area contributed by atoms with Gasteiger partial charge in [0.25, 0.3) is 0 Å². The summed E-state index contributed by atoms with van der Waals surface area (Å²) < 4.78 is 22.0. The average Bonchev–Trinajstić information content (AvgIpc) is 2.77. The summed E-state index contributed by atoms with van der Waals surface area (Å²) in [6.45, 7) is 13.4. The van der Waals surface area contributed by atoms with Crippen LogP contribution in [0.2, 0.25) is 0 Å². The Morgan fingerprint density at radius 3 is 1.31 bits per heavy atom. The van der Waals surface area contributed by atoms with Gasteiger partial charge in [0.2, 0.25) is 0 Å². The van der Waals surface area contributed by atoms with E-state index in [2.05, 4.69) is 27.7 Å². The van der Waals surface area contributed by atoms with Gasteiger partial charge >= 0.3 is 11.9 Å². The van der Waals surface area contributed by atoms with Crippen LogP contribution in [0.4, 0.5) is 0 Å². The van der Waals surface area contributed by atoms with Gasteiger partial charge in [0.1, 0.15) is 0 Å². The molecular formula is C26H50O6. The number of rotatable bonds is 21. The van der Waals surface area contributed by atoms with Crippen molar-refractivity contribution in [3.63, 3.8) is 0 Å². The third-order valence-corrected chi connectivity index (χ3v) is 5.83. The third-order valence-electron chi connectivity index (χ3n) is 5.83. The smallest absolute Gasteiger partial charge is 0.308 e. The van der Waals surface area contributed by atoms with Crippen LogP contribution in [0.15, 0.2) is 0 Å². The Morgan fingerprint density at radius 2 is 1.00 bits per heavy atom. The van der Waals surface area contributed by atoms with Crippen LogP contribution < -0.4 is 0 Å². The minimum atomic E-state index is -0.537. The Morgan fingerprint density at radius 1 is 0.625 bits per heavy atom. The molecule has 0 saturated carbocycles. The fourth-order valence-electron chi connectivity index (χ4n) is 3.43. The fourth-order valence-corrected chi connectivity index (χ4v) is 3.43. The highest BCUT2D eigenvalue weighted by Crippen LogP contribution is 2.15. The van der Waals surface area contributed by atoms with Gasteiger partial charge in [-0.2, -0.15) is 0 Å². The predicted molar refractivity (Wildman–Crippen MR) is 128 cm³/mol. The maximum absolute atomic E-state index is 12.0. The Labute approximate surface area is 197 Å². The molecule has 6 nitrogen and oxygen atoms in total. The summed E-state index contributed by atoms with van der Waals surface area (Å²) in [6, 6.07) is 0. The molecule has 0 heterocycles. The molecular weight excluding hydrogens is 408 g/mol. The van der Waals surface area contributed by atoms with Crippen molar-refractivity contribution in [3.05, 3.63) is 0 Å². The Balaban J connectivity index is 3.89. The highest BCUT2D eigenvalue weighted by molar-refractivity contribution is 5.70. The zero-order valence-electron chi connectivity index (χ0n) is 21.7. The fraction of sp³-hybridized carbons (Fsp3) is 0.923. The van der Waals surface area contributed by atoms with Crippen molar-refractivity contribution in [1.29, 1.82) is 0 Å². The van der Waals surface area contributed by atoms with Gasteiger partial charge in [-0.05, 0) is 51.4 Å². The Hall–Kier alpha value is -1.14. The minimum absolute atomic E-state index is 0.273. The molecule has 0 aliphatic heterocycles. The van der Waals surface area contributed by atoms with Gasteiger partial charge in [-0.25, -0.2) is 0 Å². The summed E-state index contributed by atoms with van der Waals surface area (Å²) in [5.74, 6) is 0.444. The number of unbranched alkanes of at least 4 members (excludes halogenated alkanes) is 3. The summed E-state index contributed by atoms with van der Waals surface area (Å²) in [5.41, 5.74) is 0. The summed E-state index contributed by atoms with van der Waals surface area (Å²) >= 11 is 0. The second-order valence-electron chi connectivity index (χ2n) is 8.82. The Bertz CT molecular complexity index is 425. The molecule has 32 heavy (non-hydrogen) atoms. The first-order chi connectivity index (χ1) is 15.4. The molecule has 0 bridgehead atoms. The van der Waals surface area contributed by atoms with Crippen LogP contribution in [-0.4, -0.2) is 37.7 Å². The molecule has 0 spiro atoms. The normalized spacial score (nSPS) is 15.1. The molecule has 0 N–H and O–H groups in total. The quantitative estimate of drug-likeness (QED) is 0.107. The molecule has 190 valence electrons. The molecule has 0 aromatic heterocycles. The molecule has 0 aliphatic carbocycles. The topological polar surface area (TPSA) is 71.1 Å². The lowest BCUT2D eigenvalue weighted by atomic mass is 10.0. The average molecular weight is 459 g/mol. The van der Waals surface area contributed by atoms with Gasteiger partial charge in [0.05, 0.1) is 13.2 Å². The van der Waals surface area contributed by atoms with Crippen LogP contribution in [-0.2, 0) is 28.5 Å². The van der Waals surface area contributed by atoms with Crippen molar-refractivity contribution >= 4 is 11.9 Å². The highest BCUT2D eigenvalue weighted by atomic mass is 16.7. The van der Waals surface area contributed by atoms with Gasteiger partial charge < -0.3 is 18.9 Å². The van der Waals surface area contributed by atoms with Gasteiger partial charge in [-0.3, -0.25) is 9.59 Å². The molecule has 6 heteroatoms. The molecule has 0 fully saturated rings. The predicted octanol–water partition coefficient (Wildman–Crippen LogP) is 6.79. The third kappa shape index (κ3) is 17.4. The number of carbonyl (C=O) groups excluding carboxylic acids is 2. The molecule has 0 aromatic carbocycles. The zero-order chi connectivity index (χ0) is 24.2. The largest absolute Gasteiger partial charge is 0.436 e. The van der Waals surface area contributed by atoms with E-state index in [4.69, 9.17) is 18.9 Å². The second kappa shape index (κ2) is 20.5. The maximum atomic E-state index is 12.0. The Kier molecular flexibility index (Phi) is 19.7. The van der Waals surface area contributed by atoms with E-state index in [1.165, 1.54) is 25.7 Å². The molecule has 0 saturated heterocycles. The monoisotopic (exact) mass is 458 g/mol. The van der Waals surface area contributed by atoms with Crippen molar-refractivity contribution in [2.24, 2.45) is 11.8 Å². The van der Waals surface area contributed by atoms with Crippen LogP contribution >= 0.6 is 0 Å². The van der Waals surface area contributed by atoms with Gasteiger partial charge in [0, 0.05) is 12.8 Å². The SMILES string of the molecule is CCCCC(CC)COC(C)OC(=O)CCCCC(=O)OC(C)OCC(CC)CCCC. The van der Waals surface area contributed by atoms with Crippen LogP contribution in [0.1, 0.15) is 119 Å². The molecule has 0 aliphatic rings. The standard InChI is InChI=1S/C26H50O6/c1-7-11-15-23(9-3)19-29-21(5)31-25(27)17-13-14-18-26(28)32-22(6)30-20-24(10-4)16-12-8-2/h21-24H,7-20H2,1-6H3. The number of carbonyl (C=O) groups is 2. The first-order valence-electron chi connectivity index (χ1n) is 13.0. The number of hydrogen-bond acceptors (Lipinski definition) is 6. The lowest BCUT2D eigenvalue weighted by Crippen LogP contribution is -2.22. The molecule has 0 rings (SSSR count). The van der Waals surface area contributed by atoms with Crippen molar-refractivity contribution in [2.75, 3.05) is 13.2 Å². The summed E-state index contributed by atoms with van der Waals surface area (Å²) in [4.78, 5) is 24.0. The van der Waals surface area contributed by atoms with E-state index in [1.54, 1.807) is 13.8 Å². The first-order valence-corrected chi connectivity index (χ1v) is 13.0. The lowest BCUT2D eigenvalue weighted by molar-refractivity contribution is -0.179. The lowest BCUT2D eigenvalue weighted by Gasteiger charge is -2.19. The summed E-state index contributed by atoms with van der Waals surface area (Å²) in [7, 11) is 0. The van der Waals surface area contributed by atoms with Gasteiger partial charge in [-0.1, -0.05) is 66.2 Å². The second-order valence-corrected chi connectivity index (χ2v) is 8.82.